The Morgan fingerprint density at radius 3 is 1.95 bits per heavy atom. The molecule has 3 saturated heterocycles. The van der Waals surface area contributed by atoms with Gasteiger partial charge in [-0.15, -0.1) is 0 Å². The van der Waals surface area contributed by atoms with E-state index in [0.717, 1.165) is 42.4 Å². The van der Waals surface area contributed by atoms with Gasteiger partial charge in [-0.05, 0) is 55.8 Å². The molecule has 5 rings (SSSR count). The van der Waals surface area contributed by atoms with Crippen molar-refractivity contribution < 1.29 is 24.3 Å². The first-order valence-electron chi connectivity index (χ1n) is 16.9. The normalized spacial score (nSPS) is 30.6. The predicted octanol–water partition coefficient (Wildman–Crippen LogP) is 3.71. The van der Waals surface area contributed by atoms with Crippen LogP contribution in [0.25, 0.3) is 0 Å². The second-order valence-corrected chi connectivity index (χ2v) is 14.0. The number of likely N-dealkylation sites (tertiary alicyclic amines) is 2. The van der Waals surface area contributed by atoms with E-state index in [1.165, 1.54) is 62.7 Å². The van der Waals surface area contributed by atoms with Crippen LogP contribution in [0.5, 0.6) is 0 Å². The molecule has 3 heterocycles. The highest BCUT2D eigenvalue weighted by Gasteiger charge is 2.56. The SMILES string of the molecule is N=C(N)N1CCCC(C[C@H]2C(=O)N(C(=O)N3CCN(C(=O)CC4CCC(CCC5CCCCC5)CC4)CC3)C2C(=O)O)C1. The fourth-order valence-corrected chi connectivity index (χ4v) is 8.46. The molecule has 0 aromatic heterocycles. The van der Waals surface area contributed by atoms with Crippen molar-refractivity contribution in [1.29, 1.82) is 5.41 Å². The summed E-state index contributed by atoms with van der Waals surface area (Å²) in [6, 6.07) is -1.74. The number of hydrogen-bond donors (Lipinski definition) is 3. The van der Waals surface area contributed by atoms with E-state index in [1.54, 1.807) is 4.90 Å². The van der Waals surface area contributed by atoms with Gasteiger partial charge in [0.25, 0.3) is 0 Å². The Morgan fingerprint density at radius 1 is 0.744 bits per heavy atom. The lowest BCUT2D eigenvalue weighted by Gasteiger charge is -2.47. The first kappa shape index (κ1) is 31.6. The lowest BCUT2D eigenvalue weighted by Crippen LogP contribution is -2.70. The third-order valence-corrected chi connectivity index (χ3v) is 11.2. The summed E-state index contributed by atoms with van der Waals surface area (Å²) in [6.45, 7) is 2.64. The molecule has 3 atom stereocenters. The van der Waals surface area contributed by atoms with E-state index in [1.807, 2.05) is 4.90 Å². The van der Waals surface area contributed by atoms with Crippen LogP contribution in [0.1, 0.15) is 96.3 Å². The number of nitrogens with zero attached hydrogens (tertiary/aromatic N) is 4. The van der Waals surface area contributed by atoms with Gasteiger partial charge in [0.05, 0.1) is 5.92 Å². The van der Waals surface area contributed by atoms with Crippen LogP contribution in [-0.2, 0) is 14.4 Å². The number of urea groups is 1. The van der Waals surface area contributed by atoms with E-state index < -0.39 is 29.9 Å². The maximum atomic E-state index is 13.3. The average Bonchev–Trinajstić information content (AvgIpc) is 3.02. The zero-order valence-electron chi connectivity index (χ0n) is 25.8. The summed E-state index contributed by atoms with van der Waals surface area (Å²) in [5.74, 6) is 0.0294. The maximum absolute atomic E-state index is 13.3. The molecule has 3 aliphatic heterocycles. The number of piperidine rings is 1. The lowest BCUT2D eigenvalue weighted by molar-refractivity contribution is -0.167. The molecule has 0 aromatic carbocycles. The highest BCUT2D eigenvalue weighted by atomic mass is 16.4. The fraction of sp³-hybridized carbons (Fsp3) is 0.844. The molecule has 0 spiro atoms. The molecule has 43 heavy (non-hydrogen) atoms. The van der Waals surface area contributed by atoms with Crippen LogP contribution in [0.2, 0.25) is 0 Å². The van der Waals surface area contributed by atoms with Gasteiger partial charge in [-0.1, -0.05) is 57.8 Å². The number of guanidine groups is 1. The molecule has 4 N–H and O–H groups in total. The van der Waals surface area contributed by atoms with Gasteiger partial charge in [-0.25, -0.2) is 14.5 Å². The number of nitrogens with one attached hydrogen (secondary N) is 1. The number of hydrogen-bond acceptors (Lipinski definition) is 5. The number of carbonyl (C=O) groups excluding carboxylic acids is 3. The Hall–Kier alpha value is -2.85. The number of rotatable bonds is 8. The molecule has 4 amide bonds. The van der Waals surface area contributed by atoms with Gasteiger partial charge in [0.15, 0.2) is 12.0 Å². The lowest BCUT2D eigenvalue weighted by atomic mass is 9.76. The van der Waals surface area contributed by atoms with Gasteiger partial charge < -0.3 is 25.5 Å². The Kier molecular flexibility index (Phi) is 10.5. The zero-order valence-corrected chi connectivity index (χ0v) is 25.8. The van der Waals surface area contributed by atoms with Crippen molar-refractivity contribution in [2.75, 3.05) is 39.3 Å². The Balaban J connectivity index is 1.03. The summed E-state index contributed by atoms with van der Waals surface area (Å²) < 4.78 is 0. The smallest absolute Gasteiger partial charge is 0.327 e. The monoisotopic (exact) mass is 600 g/mol. The van der Waals surface area contributed by atoms with Crippen molar-refractivity contribution in [2.45, 2.75) is 102 Å². The van der Waals surface area contributed by atoms with Crippen LogP contribution in [-0.4, -0.2) is 99.8 Å². The van der Waals surface area contributed by atoms with E-state index in [9.17, 15) is 24.3 Å². The van der Waals surface area contributed by atoms with Crippen LogP contribution in [0.15, 0.2) is 0 Å². The van der Waals surface area contributed by atoms with Gasteiger partial charge in [-0.2, -0.15) is 0 Å². The fourth-order valence-electron chi connectivity index (χ4n) is 8.46. The number of carboxylic acids is 1. The molecule has 5 fully saturated rings. The number of carbonyl (C=O) groups is 4. The van der Waals surface area contributed by atoms with Crippen LogP contribution in [0.3, 0.4) is 0 Å². The number of amides is 4. The van der Waals surface area contributed by atoms with Gasteiger partial charge in [0, 0.05) is 45.7 Å². The second kappa shape index (κ2) is 14.3. The summed E-state index contributed by atoms with van der Waals surface area (Å²) in [6.07, 6.45) is 17.1. The molecule has 5 aliphatic rings. The van der Waals surface area contributed by atoms with Crippen LogP contribution >= 0.6 is 0 Å². The van der Waals surface area contributed by atoms with Crippen molar-refractivity contribution in [3.05, 3.63) is 0 Å². The minimum Gasteiger partial charge on any atom is -0.480 e. The highest BCUT2D eigenvalue weighted by Crippen LogP contribution is 2.38. The molecule has 2 unspecified atom stereocenters. The topological polar surface area (TPSA) is 151 Å². The molecule has 2 saturated carbocycles. The molecule has 2 aliphatic carbocycles. The molecule has 11 heteroatoms. The van der Waals surface area contributed by atoms with E-state index >= 15 is 0 Å². The number of carboxylic acid groups (broad SMARTS) is 1. The van der Waals surface area contributed by atoms with Gasteiger partial charge in [0.1, 0.15) is 0 Å². The molecular formula is C32H52N6O5. The second-order valence-electron chi connectivity index (χ2n) is 14.0. The summed E-state index contributed by atoms with van der Waals surface area (Å²) in [7, 11) is 0. The molecule has 0 bridgehead atoms. The molecule has 0 radical (unpaired) electrons. The number of piperazine rings is 1. The van der Waals surface area contributed by atoms with Crippen LogP contribution in [0.4, 0.5) is 4.79 Å². The summed E-state index contributed by atoms with van der Waals surface area (Å²) in [5.41, 5.74) is 5.63. The van der Waals surface area contributed by atoms with Gasteiger partial charge in [-0.3, -0.25) is 15.0 Å². The van der Waals surface area contributed by atoms with Crippen molar-refractivity contribution in [3.8, 4) is 0 Å². The summed E-state index contributed by atoms with van der Waals surface area (Å²) in [4.78, 5) is 57.6. The van der Waals surface area contributed by atoms with Crippen molar-refractivity contribution in [3.63, 3.8) is 0 Å². The largest absolute Gasteiger partial charge is 0.480 e. The minimum atomic E-state index is -1.18. The standard InChI is InChI=1S/C32H52N6O5/c33-31(34)37-14-4-7-25(21-37)19-26-28(30(41)42)38(29(26)40)32(43)36-17-15-35(16-18-36)27(39)20-24-12-10-23(11-13-24)9-8-22-5-2-1-3-6-22/h22-26,28H,1-21H2,(H3,33,34)(H,41,42)/t23?,24?,25?,26-,28?/m1/s1. The predicted molar refractivity (Wildman–Crippen MR) is 162 cm³/mol. The minimum absolute atomic E-state index is 0.0127. The highest BCUT2D eigenvalue weighted by molar-refractivity contribution is 6.07. The Bertz CT molecular complexity index is 1030. The zero-order chi connectivity index (χ0) is 30.5. The first-order chi connectivity index (χ1) is 20.7. The molecular weight excluding hydrogens is 548 g/mol. The molecule has 240 valence electrons. The molecule has 0 aromatic rings. The summed E-state index contributed by atoms with van der Waals surface area (Å²) >= 11 is 0. The maximum Gasteiger partial charge on any atom is 0.327 e. The third kappa shape index (κ3) is 7.63. The van der Waals surface area contributed by atoms with Gasteiger partial charge in [0.2, 0.25) is 11.8 Å². The number of nitrogens with two attached hydrogens (primary N) is 1. The van der Waals surface area contributed by atoms with E-state index in [2.05, 4.69) is 0 Å². The number of aliphatic carboxylic acids is 1. The van der Waals surface area contributed by atoms with Gasteiger partial charge >= 0.3 is 12.0 Å². The van der Waals surface area contributed by atoms with Crippen molar-refractivity contribution >= 4 is 29.8 Å². The quantitative estimate of drug-likeness (QED) is 0.218. The third-order valence-electron chi connectivity index (χ3n) is 11.2. The number of β-lactam (4-membered cyclic amide) rings is 1. The number of imide groups is 1. The summed E-state index contributed by atoms with van der Waals surface area (Å²) in [5, 5.41) is 17.6. The Morgan fingerprint density at radius 2 is 1.33 bits per heavy atom. The average molecular weight is 601 g/mol. The van der Waals surface area contributed by atoms with Crippen LogP contribution in [0, 0.1) is 35.0 Å². The van der Waals surface area contributed by atoms with Crippen molar-refractivity contribution in [2.24, 2.45) is 35.3 Å². The van der Waals surface area contributed by atoms with E-state index in [-0.39, 0.29) is 17.8 Å². The Labute approximate surface area is 256 Å². The van der Waals surface area contributed by atoms with E-state index in [0.29, 0.717) is 58.0 Å². The van der Waals surface area contributed by atoms with E-state index in [4.69, 9.17) is 11.1 Å². The van der Waals surface area contributed by atoms with Crippen LogP contribution < -0.4 is 5.73 Å². The first-order valence-corrected chi connectivity index (χ1v) is 16.9. The molecule has 11 nitrogen and oxygen atoms in total. The van der Waals surface area contributed by atoms with Crippen molar-refractivity contribution in [1.82, 2.24) is 19.6 Å².